The molecular formula is C12H15N3O. The van der Waals surface area contributed by atoms with Crippen LogP contribution in [0.2, 0.25) is 0 Å². The number of carbonyl (C=O) groups is 1. The fraction of sp³-hybridized carbons (Fsp3) is 0.333. The first-order valence-electron chi connectivity index (χ1n) is 5.42. The molecule has 0 spiro atoms. The number of benzene rings is 1. The third-order valence-corrected chi connectivity index (χ3v) is 2.42. The molecule has 1 heterocycles. The second kappa shape index (κ2) is 4.35. The van der Waals surface area contributed by atoms with E-state index in [9.17, 15) is 4.79 Å². The van der Waals surface area contributed by atoms with Gasteiger partial charge in [0.2, 0.25) is 0 Å². The Morgan fingerprint density at radius 3 is 3.06 bits per heavy atom. The van der Waals surface area contributed by atoms with Gasteiger partial charge in [-0.2, -0.15) is 5.10 Å². The van der Waals surface area contributed by atoms with Gasteiger partial charge in [0.15, 0.2) is 0 Å². The lowest BCUT2D eigenvalue weighted by Gasteiger charge is -2.02. The quantitative estimate of drug-likeness (QED) is 0.850. The average molecular weight is 217 g/mol. The maximum Gasteiger partial charge on any atom is 0.251 e. The summed E-state index contributed by atoms with van der Waals surface area (Å²) < 4.78 is 1.75. The van der Waals surface area contributed by atoms with Gasteiger partial charge < -0.3 is 5.32 Å². The molecule has 0 bridgehead atoms. The number of hydrogen-bond acceptors (Lipinski definition) is 2. The first kappa shape index (κ1) is 10.7. The zero-order chi connectivity index (χ0) is 11.5. The summed E-state index contributed by atoms with van der Waals surface area (Å²) in [5.41, 5.74) is 1.52. The molecule has 84 valence electrons. The number of amides is 1. The van der Waals surface area contributed by atoms with E-state index in [-0.39, 0.29) is 5.91 Å². The smallest absolute Gasteiger partial charge is 0.251 e. The SMILES string of the molecule is CCCNC(=O)c1ccc2cn(C)nc2c1. The number of carbonyl (C=O) groups excluding carboxylic acids is 1. The molecule has 0 fully saturated rings. The van der Waals surface area contributed by atoms with Crippen molar-refractivity contribution in [1.82, 2.24) is 15.1 Å². The minimum atomic E-state index is -0.0330. The molecule has 0 radical (unpaired) electrons. The molecule has 2 rings (SSSR count). The summed E-state index contributed by atoms with van der Waals surface area (Å²) in [4.78, 5) is 11.7. The third kappa shape index (κ3) is 2.05. The molecule has 0 atom stereocenters. The summed E-state index contributed by atoms with van der Waals surface area (Å²) in [6.07, 6.45) is 2.88. The summed E-state index contributed by atoms with van der Waals surface area (Å²) >= 11 is 0. The van der Waals surface area contributed by atoms with Crippen molar-refractivity contribution in [2.75, 3.05) is 6.54 Å². The van der Waals surface area contributed by atoms with Gasteiger partial charge in [-0.1, -0.05) is 13.0 Å². The molecule has 1 amide bonds. The van der Waals surface area contributed by atoms with Gasteiger partial charge in [0, 0.05) is 30.7 Å². The predicted octanol–water partition coefficient (Wildman–Crippen LogP) is 1.71. The standard InChI is InChI=1S/C12H15N3O/c1-3-6-13-12(16)9-4-5-10-8-15(2)14-11(10)7-9/h4-5,7-8H,3,6H2,1-2H3,(H,13,16). The van der Waals surface area contributed by atoms with E-state index in [4.69, 9.17) is 0 Å². The highest BCUT2D eigenvalue weighted by atomic mass is 16.1. The van der Waals surface area contributed by atoms with E-state index in [1.54, 1.807) is 4.68 Å². The minimum absolute atomic E-state index is 0.0330. The first-order valence-corrected chi connectivity index (χ1v) is 5.42. The van der Waals surface area contributed by atoms with Crippen molar-refractivity contribution >= 4 is 16.8 Å². The lowest BCUT2D eigenvalue weighted by atomic mass is 10.1. The fourth-order valence-electron chi connectivity index (χ4n) is 1.62. The highest BCUT2D eigenvalue weighted by Gasteiger charge is 2.06. The number of fused-ring (bicyclic) bond motifs is 1. The molecule has 4 heteroatoms. The highest BCUT2D eigenvalue weighted by Crippen LogP contribution is 2.13. The van der Waals surface area contributed by atoms with Crippen LogP contribution in [0.4, 0.5) is 0 Å². The molecule has 4 nitrogen and oxygen atoms in total. The van der Waals surface area contributed by atoms with Gasteiger partial charge in [-0.15, -0.1) is 0 Å². The number of nitrogens with zero attached hydrogens (tertiary/aromatic N) is 2. The van der Waals surface area contributed by atoms with Crippen LogP contribution in [0.25, 0.3) is 10.9 Å². The Bertz CT molecular complexity index is 516. The largest absolute Gasteiger partial charge is 0.352 e. The van der Waals surface area contributed by atoms with Gasteiger partial charge in [0.1, 0.15) is 0 Å². The monoisotopic (exact) mass is 217 g/mol. The zero-order valence-electron chi connectivity index (χ0n) is 9.53. The third-order valence-electron chi connectivity index (χ3n) is 2.42. The van der Waals surface area contributed by atoms with Gasteiger partial charge in [-0.25, -0.2) is 0 Å². The summed E-state index contributed by atoms with van der Waals surface area (Å²) in [7, 11) is 1.87. The fourth-order valence-corrected chi connectivity index (χ4v) is 1.62. The van der Waals surface area contributed by atoms with Crippen LogP contribution >= 0.6 is 0 Å². The van der Waals surface area contributed by atoms with Crippen LogP contribution in [0, 0.1) is 0 Å². The lowest BCUT2D eigenvalue weighted by Crippen LogP contribution is -2.23. The molecule has 2 aromatic rings. The average Bonchev–Trinajstić information content (AvgIpc) is 2.64. The van der Waals surface area contributed by atoms with E-state index in [2.05, 4.69) is 10.4 Å². The second-order valence-electron chi connectivity index (χ2n) is 3.83. The van der Waals surface area contributed by atoms with Gasteiger partial charge in [0.05, 0.1) is 5.52 Å². The number of nitrogens with one attached hydrogen (secondary N) is 1. The Morgan fingerprint density at radius 2 is 2.31 bits per heavy atom. The molecule has 0 aliphatic rings. The van der Waals surface area contributed by atoms with Crippen LogP contribution in [0.3, 0.4) is 0 Å². The Labute approximate surface area is 94.3 Å². The van der Waals surface area contributed by atoms with Crippen LogP contribution in [-0.2, 0) is 7.05 Å². The predicted molar refractivity (Wildman–Crippen MR) is 63.3 cm³/mol. The highest BCUT2D eigenvalue weighted by molar-refractivity contribution is 5.97. The van der Waals surface area contributed by atoms with Crippen molar-refractivity contribution in [3.63, 3.8) is 0 Å². The van der Waals surface area contributed by atoms with Crippen molar-refractivity contribution in [2.45, 2.75) is 13.3 Å². The van der Waals surface area contributed by atoms with Crippen molar-refractivity contribution in [3.05, 3.63) is 30.0 Å². The van der Waals surface area contributed by atoms with E-state index >= 15 is 0 Å². The van der Waals surface area contributed by atoms with Gasteiger partial charge in [-0.3, -0.25) is 9.48 Å². The maximum absolute atomic E-state index is 11.7. The Hall–Kier alpha value is -1.84. The normalized spacial score (nSPS) is 10.6. The minimum Gasteiger partial charge on any atom is -0.352 e. The van der Waals surface area contributed by atoms with E-state index in [1.165, 1.54) is 0 Å². The Morgan fingerprint density at radius 1 is 1.50 bits per heavy atom. The molecule has 1 N–H and O–H groups in total. The van der Waals surface area contributed by atoms with Crippen molar-refractivity contribution < 1.29 is 4.79 Å². The van der Waals surface area contributed by atoms with Crippen molar-refractivity contribution in [3.8, 4) is 0 Å². The van der Waals surface area contributed by atoms with Crippen LogP contribution in [-0.4, -0.2) is 22.2 Å². The first-order chi connectivity index (χ1) is 7.70. The molecule has 0 unspecified atom stereocenters. The summed E-state index contributed by atoms with van der Waals surface area (Å²) in [5.74, 6) is -0.0330. The molecule has 1 aromatic carbocycles. The number of aryl methyl sites for hydroxylation is 1. The molecular weight excluding hydrogens is 202 g/mol. The molecule has 0 saturated carbocycles. The lowest BCUT2D eigenvalue weighted by molar-refractivity contribution is 0.0954. The van der Waals surface area contributed by atoms with Gasteiger partial charge in [-0.05, 0) is 18.6 Å². The molecule has 0 aliphatic carbocycles. The van der Waals surface area contributed by atoms with Gasteiger partial charge >= 0.3 is 0 Å². The number of aromatic nitrogens is 2. The van der Waals surface area contributed by atoms with Crippen LogP contribution < -0.4 is 5.32 Å². The maximum atomic E-state index is 11.7. The van der Waals surface area contributed by atoms with E-state index < -0.39 is 0 Å². The van der Waals surface area contributed by atoms with E-state index in [0.29, 0.717) is 12.1 Å². The summed E-state index contributed by atoms with van der Waals surface area (Å²) in [6, 6.07) is 5.57. The topological polar surface area (TPSA) is 46.9 Å². The van der Waals surface area contributed by atoms with E-state index in [1.807, 2.05) is 38.4 Å². The van der Waals surface area contributed by atoms with E-state index in [0.717, 1.165) is 17.3 Å². The number of hydrogen-bond donors (Lipinski definition) is 1. The van der Waals surface area contributed by atoms with Crippen LogP contribution in [0.15, 0.2) is 24.4 Å². The molecule has 1 aromatic heterocycles. The number of rotatable bonds is 3. The molecule has 0 saturated heterocycles. The second-order valence-corrected chi connectivity index (χ2v) is 3.83. The molecule has 16 heavy (non-hydrogen) atoms. The zero-order valence-corrected chi connectivity index (χ0v) is 9.53. The molecule has 0 aliphatic heterocycles. The van der Waals surface area contributed by atoms with Gasteiger partial charge in [0.25, 0.3) is 5.91 Å². The summed E-state index contributed by atoms with van der Waals surface area (Å²) in [5, 5.41) is 8.17. The Kier molecular flexibility index (Phi) is 2.90. The van der Waals surface area contributed by atoms with Crippen LogP contribution in [0.5, 0.6) is 0 Å². The summed E-state index contributed by atoms with van der Waals surface area (Å²) in [6.45, 7) is 2.74. The van der Waals surface area contributed by atoms with Crippen molar-refractivity contribution in [2.24, 2.45) is 7.05 Å². The van der Waals surface area contributed by atoms with Crippen molar-refractivity contribution in [1.29, 1.82) is 0 Å². The Balaban J connectivity index is 2.28. The van der Waals surface area contributed by atoms with Crippen LogP contribution in [0.1, 0.15) is 23.7 Å².